The van der Waals surface area contributed by atoms with Crippen molar-refractivity contribution in [2.45, 2.75) is 192 Å². The largest absolute Gasteiger partial charge is 0.457 e. The van der Waals surface area contributed by atoms with E-state index in [9.17, 15) is 25.2 Å². The Bertz CT molecular complexity index is 1150. The number of allylic oxidation sites excluding steroid dienone is 14. The van der Waals surface area contributed by atoms with Gasteiger partial charge in [0.15, 0.2) is 6.29 Å². The zero-order valence-corrected chi connectivity index (χ0v) is 36.3. The summed E-state index contributed by atoms with van der Waals surface area (Å²) in [5.41, 5.74) is 0. The fourth-order valence-corrected chi connectivity index (χ4v) is 6.32. The summed E-state index contributed by atoms with van der Waals surface area (Å²) in [6.07, 6.45) is 46.1. The van der Waals surface area contributed by atoms with Crippen molar-refractivity contribution in [1.29, 1.82) is 0 Å². The molecule has 0 aliphatic carbocycles. The zero-order valence-electron chi connectivity index (χ0n) is 36.3. The van der Waals surface area contributed by atoms with Crippen molar-refractivity contribution in [1.82, 2.24) is 0 Å². The van der Waals surface area contributed by atoms with Crippen molar-refractivity contribution in [3.63, 3.8) is 0 Å². The Hall–Kier alpha value is -2.63. The van der Waals surface area contributed by atoms with Crippen LogP contribution in [0.15, 0.2) is 85.1 Å². The number of hydrogen-bond acceptors (Lipinski definition) is 9. The monoisotopic (exact) mass is 815 g/mol. The highest BCUT2D eigenvalue weighted by molar-refractivity contribution is 5.69. The highest BCUT2D eigenvalue weighted by Gasteiger charge is 2.44. The van der Waals surface area contributed by atoms with Gasteiger partial charge in [0.2, 0.25) is 0 Å². The van der Waals surface area contributed by atoms with Crippen molar-refractivity contribution in [3.05, 3.63) is 85.1 Å². The minimum Gasteiger partial charge on any atom is -0.457 e. The Balaban J connectivity index is 2.28. The van der Waals surface area contributed by atoms with E-state index in [1.54, 1.807) is 0 Å². The summed E-state index contributed by atoms with van der Waals surface area (Å²) in [4.78, 5) is 12.8. The number of carbonyl (C=O) groups excluding carboxylic acids is 1. The Morgan fingerprint density at radius 1 is 0.552 bits per heavy atom. The van der Waals surface area contributed by atoms with E-state index in [1.165, 1.54) is 25.7 Å². The second-order valence-electron chi connectivity index (χ2n) is 15.1. The number of esters is 1. The van der Waals surface area contributed by atoms with Crippen LogP contribution in [0.2, 0.25) is 0 Å². The second-order valence-corrected chi connectivity index (χ2v) is 15.1. The summed E-state index contributed by atoms with van der Waals surface area (Å²) in [5.74, 6) is -0.339. The number of carbonyl (C=O) groups is 1. The zero-order chi connectivity index (χ0) is 42.2. The predicted molar refractivity (Wildman–Crippen MR) is 237 cm³/mol. The van der Waals surface area contributed by atoms with Crippen molar-refractivity contribution >= 4 is 5.97 Å². The molecule has 332 valence electrons. The van der Waals surface area contributed by atoms with Gasteiger partial charge in [-0.05, 0) is 83.5 Å². The number of aliphatic hydroxyl groups excluding tert-OH is 4. The molecular weight excluding hydrogens is 733 g/mol. The van der Waals surface area contributed by atoms with Crippen LogP contribution in [0.5, 0.6) is 0 Å². The third kappa shape index (κ3) is 30.4. The maximum atomic E-state index is 12.8. The van der Waals surface area contributed by atoms with E-state index in [-0.39, 0.29) is 19.2 Å². The van der Waals surface area contributed by atoms with Crippen LogP contribution in [0.4, 0.5) is 0 Å². The average molecular weight is 815 g/mol. The molecule has 1 aliphatic rings. The summed E-state index contributed by atoms with van der Waals surface area (Å²) >= 11 is 0. The molecule has 0 bridgehead atoms. The third-order valence-electron chi connectivity index (χ3n) is 9.81. The van der Waals surface area contributed by atoms with Gasteiger partial charge in [-0.3, -0.25) is 4.79 Å². The molecule has 1 heterocycles. The van der Waals surface area contributed by atoms with Gasteiger partial charge < -0.3 is 39.4 Å². The molecule has 0 aromatic carbocycles. The van der Waals surface area contributed by atoms with Gasteiger partial charge in [-0.15, -0.1) is 0 Å². The molecule has 0 saturated carbocycles. The van der Waals surface area contributed by atoms with Crippen molar-refractivity contribution in [2.75, 3.05) is 26.4 Å². The van der Waals surface area contributed by atoms with E-state index < -0.39 is 43.4 Å². The average Bonchev–Trinajstić information content (AvgIpc) is 3.22. The Morgan fingerprint density at radius 3 is 1.50 bits per heavy atom. The first-order valence-electron chi connectivity index (χ1n) is 22.7. The van der Waals surface area contributed by atoms with E-state index in [1.807, 2.05) is 0 Å². The lowest BCUT2D eigenvalue weighted by Gasteiger charge is -2.39. The van der Waals surface area contributed by atoms with Gasteiger partial charge in [0, 0.05) is 13.0 Å². The van der Waals surface area contributed by atoms with Gasteiger partial charge >= 0.3 is 5.97 Å². The van der Waals surface area contributed by atoms with Crippen LogP contribution >= 0.6 is 0 Å². The lowest BCUT2D eigenvalue weighted by atomic mass is 9.99. The van der Waals surface area contributed by atoms with E-state index in [0.717, 1.165) is 109 Å². The Morgan fingerprint density at radius 2 is 1.00 bits per heavy atom. The predicted octanol–water partition coefficient (Wildman–Crippen LogP) is 10.2. The summed E-state index contributed by atoms with van der Waals surface area (Å²) in [6, 6.07) is 0. The summed E-state index contributed by atoms with van der Waals surface area (Å²) < 4.78 is 22.8. The number of ether oxygens (including phenoxy) is 4. The molecule has 1 aliphatic heterocycles. The minimum absolute atomic E-state index is 0.125. The smallest absolute Gasteiger partial charge is 0.306 e. The molecule has 0 amide bonds. The van der Waals surface area contributed by atoms with Crippen LogP contribution in [0, 0.1) is 0 Å². The molecule has 1 rings (SSSR count). The topological polar surface area (TPSA) is 135 Å². The molecule has 58 heavy (non-hydrogen) atoms. The first kappa shape index (κ1) is 53.4. The van der Waals surface area contributed by atoms with Crippen LogP contribution in [0.1, 0.15) is 155 Å². The summed E-state index contributed by atoms with van der Waals surface area (Å²) in [5, 5.41) is 40.1. The van der Waals surface area contributed by atoms with Gasteiger partial charge in [0.25, 0.3) is 0 Å². The lowest BCUT2D eigenvalue weighted by molar-refractivity contribution is -0.305. The van der Waals surface area contributed by atoms with E-state index in [4.69, 9.17) is 18.9 Å². The van der Waals surface area contributed by atoms with Crippen LogP contribution < -0.4 is 0 Å². The number of unbranched alkanes of at least 4 members (excludes halogenated alkanes) is 12. The van der Waals surface area contributed by atoms with Crippen molar-refractivity contribution in [2.24, 2.45) is 0 Å². The standard InChI is InChI=1S/C49H82O9/c1-3-5-7-9-11-13-15-17-19-20-21-22-23-25-27-29-31-33-35-37-39-55-41-43(42-56-49-48(54)47(53)46(52)44(40-50)58-49)57-45(51)38-36-34-32-30-28-26-24-18-16-14-12-10-8-6-4-2/h5-8,11-14,17-19,21-22,24,43-44,46-50,52-54H,3-4,9-10,15-16,20,23,25-42H2,1-2H3/b7-5-,8-6-,13-11-,14-12-,19-17-,22-21-,24-18-. The number of rotatable bonds is 37. The molecular formula is C49H82O9. The first-order valence-corrected chi connectivity index (χ1v) is 22.7. The minimum atomic E-state index is -1.55. The quantitative estimate of drug-likeness (QED) is 0.0275. The van der Waals surface area contributed by atoms with Crippen LogP contribution in [-0.2, 0) is 23.7 Å². The normalized spacial score (nSPS) is 21.1. The van der Waals surface area contributed by atoms with E-state index >= 15 is 0 Å². The molecule has 9 nitrogen and oxygen atoms in total. The van der Waals surface area contributed by atoms with E-state index in [2.05, 4.69) is 98.9 Å². The van der Waals surface area contributed by atoms with Gasteiger partial charge in [-0.25, -0.2) is 0 Å². The SMILES string of the molecule is CC/C=C\C/C=C\C/C=C\C/C=C\CCCCCCCCCOCC(COC1OC(CO)C(O)C(O)C1O)OC(=O)CCCCCCC/C=C\C/C=C\C/C=C\CC. The molecule has 1 saturated heterocycles. The van der Waals surface area contributed by atoms with Crippen LogP contribution in [-0.4, -0.2) is 89.6 Å². The van der Waals surface area contributed by atoms with Gasteiger partial charge in [-0.1, -0.05) is 150 Å². The molecule has 0 radical (unpaired) electrons. The van der Waals surface area contributed by atoms with Crippen LogP contribution in [0.3, 0.4) is 0 Å². The number of aliphatic hydroxyl groups is 4. The van der Waals surface area contributed by atoms with Gasteiger partial charge in [0.1, 0.15) is 30.5 Å². The molecule has 6 unspecified atom stereocenters. The maximum Gasteiger partial charge on any atom is 0.306 e. The highest BCUT2D eigenvalue weighted by atomic mass is 16.7. The van der Waals surface area contributed by atoms with Crippen molar-refractivity contribution < 1.29 is 44.2 Å². The third-order valence-corrected chi connectivity index (χ3v) is 9.81. The van der Waals surface area contributed by atoms with Gasteiger partial charge in [-0.2, -0.15) is 0 Å². The maximum absolute atomic E-state index is 12.8. The molecule has 0 aromatic rings. The summed E-state index contributed by atoms with van der Waals surface area (Å²) in [6.45, 7) is 4.27. The summed E-state index contributed by atoms with van der Waals surface area (Å²) in [7, 11) is 0. The molecule has 9 heteroatoms. The first-order chi connectivity index (χ1) is 28.4. The molecule has 0 spiro atoms. The molecule has 0 aromatic heterocycles. The Kier molecular flexibility index (Phi) is 36.6. The van der Waals surface area contributed by atoms with Gasteiger partial charge in [0.05, 0.1) is 19.8 Å². The van der Waals surface area contributed by atoms with Crippen LogP contribution in [0.25, 0.3) is 0 Å². The highest BCUT2D eigenvalue weighted by Crippen LogP contribution is 2.22. The molecule has 4 N–H and O–H groups in total. The van der Waals surface area contributed by atoms with Crippen molar-refractivity contribution in [3.8, 4) is 0 Å². The molecule has 1 fully saturated rings. The second kappa shape index (κ2) is 39.8. The Labute approximate surface area is 352 Å². The van der Waals surface area contributed by atoms with E-state index in [0.29, 0.717) is 13.0 Å². The fourth-order valence-electron chi connectivity index (χ4n) is 6.32. The number of hydrogen-bond donors (Lipinski definition) is 4. The molecule has 6 atom stereocenters. The lowest BCUT2D eigenvalue weighted by Crippen LogP contribution is -2.59. The fraction of sp³-hybridized carbons (Fsp3) is 0.694.